The molecule has 0 amide bonds. The van der Waals surface area contributed by atoms with E-state index in [1.54, 1.807) is 26.0 Å². The van der Waals surface area contributed by atoms with Crippen LogP contribution in [-0.4, -0.2) is 17.3 Å². The summed E-state index contributed by atoms with van der Waals surface area (Å²) in [6.45, 7) is 3.33. The molecular weight excluding hydrogens is 233 g/mol. The van der Waals surface area contributed by atoms with Gasteiger partial charge in [0.2, 0.25) is 0 Å². The molecule has 17 heavy (non-hydrogen) atoms. The number of aryl methyl sites for hydroxylation is 2. The third kappa shape index (κ3) is 3.47. The predicted octanol–water partition coefficient (Wildman–Crippen LogP) is 3.42. The van der Waals surface area contributed by atoms with E-state index in [0.29, 0.717) is 5.56 Å². The summed E-state index contributed by atoms with van der Waals surface area (Å²) in [5.41, 5.74) is 1.35. The zero-order chi connectivity index (χ0) is 13.2. The monoisotopic (exact) mass is 246 g/mol. The van der Waals surface area contributed by atoms with Gasteiger partial charge in [-0.25, -0.2) is 0 Å². The van der Waals surface area contributed by atoms with Crippen molar-refractivity contribution in [3.05, 3.63) is 34.9 Å². The Kier molecular flexibility index (Phi) is 3.80. The van der Waals surface area contributed by atoms with Crippen LogP contribution >= 0.6 is 0 Å². The zero-order valence-electron chi connectivity index (χ0n) is 9.51. The molecule has 0 saturated heterocycles. The fourth-order valence-electron chi connectivity index (χ4n) is 1.79. The minimum atomic E-state index is -4.54. The first-order chi connectivity index (χ1) is 7.71. The molecule has 0 aromatic heterocycles. The molecule has 0 unspecified atom stereocenters. The Morgan fingerprint density at radius 2 is 1.94 bits per heavy atom. The van der Waals surface area contributed by atoms with E-state index >= 15 is 0 Å². The highest BCUT2D eigenvalue weighted by Gasteiger charge is 2.42. The zero-order valence-corrected chi connectivity index (χ0v) is 9.51. The summed E-state index contributed by atoms with van der Waals surface area (Å²) in [6.07, 6.45) is -5.48. The van der Waals surface area contributed by atoms with Crippen LogP contribution < -0.4 is 0 Å². The van der Waals surface area contributed by atoms with Gasteiger partial charge in [0.25, 0.3) is 0 Å². The molecule has 1 N–H and O–H groups in total. The van der Waals surface area contributed by atoms with Crippen LogP contribution in [0.25, 0.3) is 0 Å². The Hall–Kier alpha value is -1.52. The topological polar surface area (TPSA) is 37.3 Å². The van der Waals surface area contributed by atoms with Crippen molar-refractivity contribution in [2.45, 2.75) is 32.4 Å². The molecule has 0 aliphatic rings. The van der Waals surface area contributed by atoms with Crippen LogP contribution in [0.3, 0.4) is 0 Å². The Balaban J connectivity index is 3.17. The highest BCUT2D eigenvalue weighted by molar-refractivity contribution is 5.68. The lowest BCUT2D eigenvalue weighted by molar-refractivity contribution is -0.163. The normalized spacial score (nSPS) is 13.5. The minimum Gasteiger partial charge on any atom is -0.481 e. The standard InChI is InChI=1S/C12H13F3O2/c1-7-3-4-9(8(2)5-7)10(6-11(16)17)12(13,14)15/h3-5,10H,6H2,1-2H3,(H,16,17)/t10-/m0/s1. The molecule has 0 spiro atoms. The third-order valence-corrected chi connectivity index (χ3v) is 2.57. The largest absolute Gasteiger partial charge is 0.481 e. The summed E-state index contributed by atoms with van der Waals surface area (Å²) in [6, 6.07) is 4.53. The van der Waals surface area contributed by atoms with Gasteiger partial charge in [0.15, 0.2) is 0 Å². The fraction of sp³-hybridized carbons (Fsp3) is 0.417. The molecule has 0 bridgehead atoms. The van der Waals surface area contributed by atoms with E-state index < -0.39 is 24.5 Å². The van der Waals surface area contributed by atoms with E-state index in [9.17, 15) is 18.0 Å². The lowest BCUT2D eigenvalue weighted by atomic mass is 9.90. The van der Waals surface area contributed by atoms with Gasteiger partial charge >= 0.3 is 12.1 Å². The van der Waals surface area contributed by atoms with Crippen LogP contribution in [0.1, 0.15) is 29.0 Å². The lowest BCUT2D eigenvalue weighted by Crippen LogP contribution is -2.24. The van der Waals surface area contributed by atoms with Crippen LogP contribution in [0.2, 0.25) is 0 Å². The van der Waals surface area contributed by atoms with Crippen molar-refractivity contribution in [1.82, 2.24) is 0 Å². The first kappa shape index (κ1) is 13.5. The number of benzene rings is 1. The Morgan fingerprint density at radius 1 is 1.35 bits per heavy atom. The molecule has 0 heterocycles. The van der Waals surface area contributed by atoms with Crippen LogP contribution in [0, 0.1) is 13.8 Å². The number of rotatable bonds is 3. The number of carbonyl (C=O) groups is 1. The number of carboxylic acid groups (broad SMARTS) is 1. The summed E-state index contributed by atoms with van der Waals surface area (Å²) >= 11 is 0. The highest BCUT2D eigenvalue weighted by atomic mass is 19.4. The van der Waals surface area contributed by atoms with E-state index in [1.807, 2.05) is 0 Å². The number of alkyl halides is 3. The summed E-state index contributed by atoms with van der Waals surface area (Å²) < 4.78 is 38.3. The van der Waals surface area contributed by atoms with E-state index in [2.05, 4.69) is 0 Å². The maximum absolute atomic E-state index is 12.8. The second-order valence-corrected chi connectivity index (χ2v) is 4.05. The number of carboxylic acids is 1. The van der Waals surface area contributed by atoms with E-state index in [1.165, 1.54) is 6.07 Å². The SMILES string of the molecule is Cc1ccc([C@H](CC(=O)O)C(F)(F)F)c(C)c1. The van der Waals surface area contributed by atoms with Crippen molar-refractivity contribution in [2.24, 2.45) is 0 Å². The average molecular weight is 246 g/mol. The summed E-state index contributed by atoms with van der Waals surface area (Å²) in [7, 11) is 0. The van der Waals surface area contributed by atoms with E-state index in [4.69, 9.17) is 5.11 Å². The van der Waals surface area contributed by atoms with Crippen molar-refractivity contribution in [2.75, 3.05) is 0 Å². The second-order valence-electron chi connectivity index (χ2n) is 4.05. The molecule has 0 aliphatic heterocycles. The van der Waals surface area contributed by atoms with Gasteiger partial charge in [-0.05, 0) is 25.0 Å². The molecule has 1 rings (SSSR count). The molecule has 0 aliphatic carbocycles. The smallest absolute Gasteiger partial charge is 0.396 e. The van der Waals surface area contributed by atoms with Crippen LogP contribution in [0.4, 0.5) is 13.2 Å². The summed E-state index contributed by atoms with van der Waals surface area (Å²) in [4.78, 5) is 10.5. The first-order valence-corrected chi connectivity index (χ1v) is 5.07. The Morgan fingerprint density at radius 3 is 2.35 bits per heavy atom. The molecule has 5 heteroatoms. The van der Waals surface area contributed by atoms with Gasteiger partial charge in [-0.2, -0.15) is 13.2 Å². The maximum Gasteiger partial charge on any atom is 0.396 e. The van der Waals surface area contributed by atoms with Crippen molar-refractivity contribution in [3.8, 4) is 0 Å². The molecule has 1 aromatic rings. The van der Waals surface area contributed by atoms with Crippen LogP contribution in [0.5, 0.6) is 0 Å². The molecule has 94 valence electrons. The number of hydrogen-bond donors (Lipinski definition) is 1. The van der Waals surface area contributed by atoms with Crippen molar-refractivity contribution < 1.29 is 23.1 Å². The quantitative estimate of drug-likeness (QED) is 0.887. The molecule has 0 radical (unpaired) electrons. The second kappa shape index (κ2) is 4.77. The minimum absolute atomic E-state index is 0.0329. The fourth-order valence-corrected chi connectivity index (χ4v) is 1.79. The van der Waals surface area contributed by atoms with Crippen molar-refractivity contribution >= 4 is 5.97 Å². The molecule has 1 aromatic carbocycles. The van der Waals surface area contributed by atoms with Gasteiger partial charge in [0.05, 0.1) is 12.3 Å². The predicted molar refractivity (Wildman–Crippen MR) is 57.0 cm³/mol. The summed E-state index contributed by atoms with van der Waals surface area (Å²) in [5, 5.41) is 8.55. The molecular formula is C12H13F3O2. The lowest BCUT2D eigenvalue weighted by Gasteiger charge is -2.21. The van der Waals surface area contributed by atoms with Gasteiger partial charge in [0, 0.05) is 0 Å². The number of hydrogen-bond acceptors (Lipinski definition) is 1. The third-order valence-electron chi connectivity index (χ3n) is 2.57. The number of aliphatic carboxylic acids is 1. The van der Waals surface area contributed by atoms with Gasteiger partial charge in [0.1, 0.15) is 0 Å². The van der Waals surface area contributed by atoms with Gasteiger partial charge in [-0.15, -0.1) is 0 Å². The number of halogens is 3. The average Bonchev–Trinajstić information content (AvgIpc) is 2.13. The van der Waals surface area contributed by atoms with Crippen molar-refractivity contribution in [3.63, 3.8) is 0 Å². The highest BCUT2D eigenvalue weighted by Crippen LogP contribution is 2.38. The van der Waals surface area contributed by atoms with Gasteiger partial charge in [-0.3, -0.25) is 4.79 Å². The van der Waals surface area contributed by atoms with Gasteiger partial charge in [-0.1, -0.05) is 23.8 Å². The first-order valence-electron chi connectivity index (χ1n) is 5.07. The Labute approximate surface area is 97.1 Å². The van der Waals surface area contributed by atoms with Crippen molar-refractivity contribution in [1.29, 1.82) is 0 Å². The van der Waals surface area contributed by atoms with E-state index in [0.717, 1.165) is 5.56 Å². The molecule has 2 nitrogen and oxygen atoms in total. The van der Waals surface area contributed by atoms with Gasteiger partial charge < -0.3 is 5.11 Å². The summed E-state index contributed by atoms with van der Waals surface area (Å²) in [5.74, 6) is -3.40. The maximum atomic E-state index is 12.8. The Bertz CT molecular complexity index is 424. The molecule has 0 saturated carbocycles. The van der Waals surface area contributed by atoms with E-state index in [-0.39, 0.29) is 5.56 Å². The molecule has 1 atom stereocenters. The van der Waals surface area contributed by atoms with Crippen LogP contribution in [-0.2, 0) is 4.79 Å². The molecule has 0 fully saturated rings. The van der Waals surface area contributed by atoms with Crippen LogP contribution in [0.15, 0.2) is 18.2 Å².